The Kier molecular flexibility index (Phi) is 7.11. The molecule has 0 saturated heterocycles. The zero-order valence-electron chi connectivity index (χ0n) is 18.9. The quantitative estimate of drug-likeness (QED) is 0.365. The Hall–Kier alpha value is -3.36. The Morgan fingerprint density at radius 3 is 2.44 bits per heavy atom. The summed E-state index contributed by atoms with van der Waals surface area (Å²) >= 11 is 2.14. The molecule has 0 bridgehead atoms. The molecule has 3 aromatic carbocycles. The number of halogens is 2. The van der Waals surface area contributed by atoms with Crippen LogP contribution in [-0.4, -0.2) is 37.1 Å². The number of nitrogens with two attached hydrogens (primary N) is 1. The molecule has 0 spiro atoms. The number of hydrazone groups is 1. The van der Waals surface area contributed by atoms with Crippen molar-refractivity contribution < 1.29 is 22.4 Å². The van der Waals surface area contributed by atoms with Gasteiger partial charge in [-0.25, -0.2) is 22.7 Å². The second-order valence-corrected chi connectivity index (χ2v) is 11.0. The minimum Gasteiger partial charge on any atom is -0.321 e. The SMILES string of the molecule is CC1(C(=O)Nc2ccc(-c3ccccc3S(N)(=O)=O)cc2F)CC=NN1C(=O)Nc1ccc(I)cc1. The summed E-state index contributed by atoms with van der Waals surface area (Å²) < 4.78 is 39.8. The summed E-state index contributed by atoms with van der Waals surface area (Å²) in [6.07, 6.45) is 1.57. The zero-order chi connectivity index (χ0) is 26.1. The van der Waals surface area contributed by atoms with Crippen molar-refractivity contribution in [2.24, 2.45) is 10.2 Å². The molecule has 4 N–H and O–H groups in total. The number of benzene rings is 3. The van der Waals surface area contributed by atoms with Crippen molar-refractivity contribution in [2.75, 3.05) is 10.6 Å². The highest BCUT2D eigenvalue weighted by Gasteiger charge is 2.45. The fourth-order valence-corrected chi connectivity index (χ4v) is 4.80. The monoisotopic (exact) mass is 621 g/mol. The van der Waals surface area contributed by atoms with Gasteiger partial charge in [-0.3, -0.25) is 4.79 Å². The van der Waals surface area contributed by atoms with Crippen molar-refractivity contribution >= 4 is 62.1 Å². The Bertz CT molecular complexity index is 1480. The van der Waals surface area contributed by atoms with Crippen molar-refractivity contribution in [1.82, 2.24) is 5.01 Å². The predicted molar refractivity (Wildman–Crippen MR) is 143 cm³/mol. The lowest BCUT2D eigenvalue weighted by atomic mass is 9.97. The van der Waals surface area contributed by atoms with E-state index in [0.717, 1.165) is 14.6 Å². The van der Waals surface area contributed by atoms with Gasteiger partial charge in [0, 0.05) is 27.5 Å². The number of hydrogen-bond acceptors (Lipinski definition) is 5. The van der Waals surface area contributed by atoms with Gasteiger partial charge in [-0.05, 0) is 77.5 Å². The molecule has 1 atom stereocenters. The Morgan fingerprint density at radius 1 is 1.08 bits per heavy atom. The number of sulfonamides is 1. The molecule has 1 heterocycles. The largest absolute Gasteiger partial charge is 0.343 e. The minimum absolute atomic E-state index is 0.125. The number of nitrogens with one attached hydrogen (secondary N) is 2. The third-order valence-corrected chi connectivity index (χ3v) is 7.34. The van der Waals surface area contributed by atoms with Gasteiger partial charge in [0.2, 0.25) is 10.0 Å². The van der Waals surface area contributed by atoms with Crippen molar-refractivity contribution in [2.45, 2.75) is 23.8 Å². The van der Waals surface area contributed by atoms with Crippen molar-refractivity contribution in [1.29, 1.82) is 0 Å². The summed E-state index contributed by atoms with van der Waals surface area (Å²) in [5.41, 5.74) is -0.511. The van der Waals surface area contributed by atoms with Crippen molar-refractivity contribution in [3.63, 3.8) is 0 Å². The molecule has 36 heavy (non-hydrogen) atoms. The highest BCUT2D eigenvalue weighted by Crippen LogP contribution is 2.31. The molecular weight excluding hydrogens is 600 g/mol. The molecule has 3 amide bonds. The van der Waals surface area contributed by atoms with Crippen LogP contribution in [0.15, 0.2) is 76.7 Å². The summed E-state index contributed by atoms with van der Waals surface area (Å²) in [6, 6.07) is 16.3. The number of nitrogens with zero attached hydrogens (tertiary/aromatic N) is 2. The van der Waals surface area contributed by atoms with Gasteiger partial charge in [0.1, 0.15) is 11.4 Å². The van der Waals surface area contributed by atoms with Crippen LogP contribution in [0, 0.1) is 9.39 Å². The number of anilines is 2. The first-order valence-corrected chi connectivity index (χ1v) is 13.2. The number of carbonyl (C=O) groups excluding carboxylic acids is 2. The Morgan fingerprint density at radius 2 is 1.78 bits per heavy atom. The van der Waals surface area contributed by atoms with Crippen molar-refractivity contribution in [3.8, 4) is 11.1 Å². The topological polar surface area (TPSA) is 134 Å². The summed E-state index contributed by atoms with van der Waals surface area (Å²) in [5, 5.41) is 15.6. The van der Waals surface area contributed by atoms with Crippen LogP contribution < -0.4 is 15.8 Å². The molecule has 1 aliphatic heterocycles. The van der Waals surface area contributed by atoms with Gasteiger partial charge in [-0.2, -0.15) is 10.1 Å². The van der Waals surface area contributed by atoms with Crippen LogP contribution >= 0.6 is 22.6 Å². The van der Waals surface area contributed by atoms with Gasteiger partial charge in [0.05, 0.1) is 10.6 Å². The van der Waals surface area contributed by atoms with Crippen LogP contribution in [0.4, 0.5) is 20.6 Å². The number of amides is 3. The molecule has 1 aliphatic rings. The predicted octanol–water partition coefficient (Wildman–Crippen LogP) is 4.37. The fraction of sp³-hybridized carbons (Fsp3) is 0.125. The number of primary sulfonamides is 1. The Balaban J connectivity index is 1.54. The second-order valence-electron chi connectivity index (χ2n) is 8.21. The van der Waals surface area contributed by atoms with Crippen LogP contribution in [-0.2, 0) is 14.8 Å². The van der Waals surface area contributed by atoms with Gasteiger partial charge < -0.3 is 10.6 Å². The zero-order valence-corrected chi connectivity index (χ0v) is 21.9. The summed E-state index contributed by atoms with van der Waals surface area (Å²) in [7, 11) is -4.03. The lowest BCUT2D eigenvalue weighted by Gasteiger charge is -2.31. The molecule has 4 rings (SSSR count). The van der Waals surface area contributed by atoms with Crippen molar-refractivity contribution in [3.05, 3.63) is 76.1 Å². The number of carbonyl (C=O) groups is 2. The second kappa shape index (κ2) is 9.95. The van der Waals surface area contributed by atoms with Gasteiger partial charge in [-0.15, -0.1) is 0 Å². The van der Waals surface area contributed by atoms with E-state index in [0.29, 0.717) is 5.69 Å². The normalized spacial score (nSPS) is 17.2. The molecule has 186 valence electrons. The van der Waals surface area contributed by atoms with Crippen LogP contribution in [0.5, 0.6) is 0 Å². The smallest absolute Gasteiger partial charge is 0.321 e. The van der Waals surface area contributed by atoms with E-state index in [2.05, 4.69) is 38.3 Å². The maximum atomic E-state index is 15.0. The summed E-state index contributed by atoms with van der Waals surface area (Å²) in [6.45, 7) is 1.53. The highest BCUT2D eigenvalue weighted by atomic mass is 127. The van der Waals surface area contributed by atoms with Gasteiger partial charge in [-0.1, -0.05) is 24.3 Å². The third kappa shape index (κ3) is 5.24. The van der Waals surface area contributed by atoms with Crippen LogP contribution in [0.2, 0.25) is 0 Å². The molecule has 0 aliphatic carbocycles. The molecule has 0 fully saturated rings. The van der Waals surface area contributed by atoms with Crippen LogP contribution in [0.3, 0.4) is 0 Å². The lowest BCUT2D eigenvalue weighted by molar-refractivity contribution is -0.124. The number of rotatable bonds is 5. The molecule has 0 radical (unpaired) electrons. The summed E-state index contributed by atoms with van der Waals surface area (Å²) in [5.74, 6) is -1.43. The first-order chi connectivity index (χ1) is 17.0. The van der Waals surface area contributed by atoms with E-state index in [1.54, 1.807) is 18.2 Å². The number of hydrogen-bond donors (Lipinski definition) is 3. The summed E-state index contributed by atoms with van der Waals surface area (Å²) in [4.78, 5) is 25.9. The van der Waals surface area contributed by atoms with Crippen LogP contribution in [0.25, 0.3) is 11.1 Å². The maximum absolute atomic E-state index is 15.0. The molecule has 1 unspecified atom stereocenters. The van der Waals surface area contributed by atoms with Gasteiger partial charge >= 0.3 is 6.03 Å². The molecule has 0 aromatic heterocycles. The standard InChI is InChI=1S/C24H21FIN5O4S/c1-24(12-13-28-31(24)23(33)29-17-9-7-16(26)8-10-17)22(32)30-20-11-6-15(14-19(20)25)18-4-2-3-5-21(18)36(27,34)35/h2-11,13-14H,12H2,1H3,(H,29,33)(H,30,32)(H2,27,34,35). The Labute approximate surface area is 220 Å². The first-order valence-electron chi connectivity index (χ1n) is 10.6. The maximum Gasteiger partial charge on any atom is 0.343 e. The molecule has 0 saturated carbocycles. The van der Waals surface area contributed by atoms with E-state index in [4.69, 9.17) is 5.14 Å². The molecule has 12 heteroatoms. The molecule has 3 aromatic rings. The third-order valence-electron chi connectivity index (χ3n) is 5.65. The van der Waals surface area contributed by atoms with E-state index in [1.165, 1.54) is 43.5 Å². The van der Waals surface area contributed by atoms with E-state index >= 15 is 0 Å². The van der Waals surface area contributed by atoms with E-state index in [9.17, 15) is 22.4 Å². The van der Waals surface area contributed by atoms with Gasteiger partial charge in [0.15, 0.2) is 0 Å². The minimum atomic E-state index is -4.03. The van der Waals surface area contributed by atoms with Gasteiger partial charge in [0.25, 0.3) is 5.91 Å². The lowest BCUT2D eigenvalue weighted by Crippen LogP contribution is -2.53. The number of urea groups is 1. The van der Waals surface area contributed by atoms with E-state index in [-0.39, 0.29) is 28.1 Å². The fourth-order valence-electron chi connectivity index (χ4n) is 3.68. The first kappa shape index (κ1) is 25.7. The van der Waals surface area contributed by atoms with E-state index in [1.807, 2.05) is 12.1 Å². The highest BCUT2D eigenvalue weighted by molar-refractivity contribution is 14.1. The van der Waals surface area contributed by atoms with E-state index < -0.39 is 33.3 Å². The molecule has 9 nitrogen and oxygen atoms in total. The molecular formula is C24H21FIN5O4S. The average molecular weight is 621 g/mol. The average Bonchev–Trinajstić information content (AvgIpc) is 3.24. The van der Waals surface area contributed by atoms with Crippen LogP contribution in [0.1, 0.15) is 13.3 Å².